The summed E-state index contributed by atoms with van der Waals surface area (Å²) in [4.78, 5) is 16.7. The number of hydrogen-bond donors (Lipinski definition) is 0. The molecule has 0 spiro atoms. The Morgan fingerprint density at radius 2 is 2.08 bits per heavy atom. The zero-order valence-electron chi connectivity index (χ0n) is 13.2. The summed E-state index contributed by atoms with van der Waals surface area (Å²) in [6, 6.07) is 3.49. The minimum atomic E-state index is -4.59. The van der Waals surface area contributed by atoms with Crippen molar-refractivity contribution in [3.8, 4) is 17.1 Å². The third-order valence-corrected chi connectivity index (χ3v) is 4.23. The van der Waals surface area contributed by atoms with Crippen LogP contribution in [-0.4, -0.2) is 41.1 Å². The van der Waals surface area contributed by atoms with Crippen molar-refractivity contribution >= 4 is 11.9 Å². The summed E-state index contributed by atoms with van der Waals surface area (Å²) in [6.45, 7) is 1.95. The van der Waals surface area contributed by atoms with Gasteiger partial charge in [-0.05, 0) is 24.6 Å². The van der Waals surface area contributed by atoms with Crippen LogP contribution in [0.3, 0.4) is 0 Å². The fourth-order valence-corrected chi connectivity index (χ4v) is 3.01. The van der Waals surface area contributed by atoms with Gasteiger partial charge < -0.3 is 14.0 Å². The summed E-state index contributed by atoms with van der Waals surface area (Å²) >= 11 is 0. The van der Waals surface area contributed by atoms with Gasteiger partial charge in [-0.25, -0.2) is 14.7 Å². The van der Waals surface area contributed by atoms with Crippen molar-refractivity contribution in [1.82, 2.24) is 9.55 Å². The van der Waals surface area contributed by atoms with E-state index in [1.54, 1.807) is 4.57 Å². The highest BCUT2D eigenvalue weighted by atomic mass is 19.4. The molecular weight excluding hydrogens is 339 g/mol. The van der Waals surface area contributed by atoms with E-state index >= 15 is 0 Å². The molecule has 0 bridgehead atoms. The molecule has 2 aliphatic heterocycles. The van der Waals surface area contributed by atoms with E-state index < -0.39 is 24.9 Å². The third kappa shape index (κ3) is 2.59. The number of halogens is 3. The maximum atomic E-state index is 13.2. The van der Waals surface area contributed by atoms with Crippen LogP contribution in [0.25, 0.3) is 11.4 Å². The molecule has 0 N–H and O–H groups in total. The standard InChI is InChI=1S/C16H14F3N3O3/c1-9-2-3-10-11(6-9)24-5-4-21-7-13(20-14(10)21)22-12(16(17,18)19)8-25-15(22)23/h2-3,6-7,12H,4-5,8H2,1H3. The van der Waals surface area contributed by atoms with E-state index in [0.29, 0.717) is 35.2 Å². The van der Waals surface area contributed by atoms with Crippen LogP contribution in [-0.2, 0) is 11.3 Å². The second-order valence-corrected chi connectivity index (χ2v) is 5.97. The summed E-state index contributed by atoms with van der Waals surface area (Å²) in [5.74, 6) is 1.00. The van der Waals surface area contributed by atoms with Crippen molar-refractivity contribution in [2.75, 3.05) is 18.1 Å². The normalized spacial score (nSPS) is 19.8. The molecule has 1 aromatic heterocycles. The van der Waals surface area contributed by atoms with Crippen LogP contribution in [0.5, 0.6) is 5.75 Å². The van der Waals surface area contributed by atoms with Gasteiger partial charge in [-0.1, -0.05) is 6.07 Å². The van der Waals surface area contributed by atoms with Crippen LogP contribution < -0.4 is 9.64 Å². The molecule has 9 heteroatoms. The molecule has 1 atom stereocenters. The van der Waals surface area contributed by atoms with Crippen LogP contribution in [0.15, 0.2) is 24.4 Å². The molecule has 4 rings (SSSR count). The molecular formula is C16H14F3N3O3. The SMILES string of the molecule is Cc1ccc2c(c1)OCCn1cc(N3C(=O)OCC3C(F)(F)F)nc1-2. The minimum Gasteiger partial charge on any atom is -0.491 e. The summed E-state index contributed by atoms with van der Waals surface area (Å²) in [5.41, 5.74) is 1.67. The molecule has 132 valence electrons. The molecule has 3 heterocycles. The van der Waals surface area contributed by atoms with E-state index in [1.807, 2.05) is 25.1 Å². The minimum absolute atomic E-state index is 0.0757. The number of fused-ring (bicyclic) bond motifs is 3. The number of alkyl halides is 3. The van der Waals surface area contributed by atoms with Crippen LogP contribution in [0, 0.1) is 6.92 Å². The van der Waals surface area contributed by atoms with Gasteiger partial charge in [0.25, 0.3) is 0 Å². The van der Waals surface area contributed by atoms with Crippen molar-refractivity contribution in [2.45, 2.75) is 25.7 Å². The molecule has 1 fully saturated rings. The second kappa shape index (κ2) is 5.40. The number of aromatic nitrogens is 2. The number of aryl methyl sites for hydroxylation is 1. The lowest BCUT2D eigenvalue weighted by Crippen LogP contribution is -2.44. The lowest BCUT2D eigenvalue weighted by Gasteiger charge is -2.21. The molecule has 25 heavy (non-hydrogen) atoms. The Morgan fingerprint density at radius 1 is 1.28 bits per heavy atom. The van der Waals surface area contributed by atoms with Crippen LogP contribution in [0.4, 0.5) is 23.8 Å². The van der Waals surface area contributed by atoms with Gasteiger partial charge in [0.05, 0.1) is 12.1 Å². The first kappa shape index (κ1) is 15.8. The Balaban J connectivity index is 1.79. The Kier molecular flexibility index (Phi) is 3.41. The maximum Gasteiger partial charge on any atom is 0.416 e. The number of carbonyl (C=O) groups excluding carboxylic acids is 1. The van der Waals surface area contributed by atoms with Crippen molar-refractivity contribution in [2.24, 2.45) is 0 Å². The number of imidazole rings is 1. The topological polar surface area (TPSA) is 56.6 Å². The highest BCUT2D eigenvalue weighted by Gasteiger charge is 2.52. The van der Waals surface area contributed by atoms with Crippen molar-refractivity contribution in [1.29, 1.82) is 0 Å². The monoisotopic (exact) mass is 353 g/mol. The molecule has 2 aliphatic rings. The smallest absolute Gasteiger partial charge is 0.416 e. The van der Waals surface area contributed by atoms with Gasteiger partial charge >= 0.3 is 12.3 Å². The number of nitrogens with zero attached hydrogens (tertiary/aromatic N) is 3. The highest BCUT2D eigenvalue weighted by molar-refractivity contribution is 5.89. The third-order valence-electron chi connectivity index (χ3n) is 4.23. The summed E-state index contributed by atoms with van der Waals surface area (Å²) < 4.78 is 51.5. The van der Waals surface area contributed by atoms with Crippen molar-refractivity contribution in [3.05, 3.63) is 30.0 Å². The zero-order chi connectivity index (χ0) is 17.8. The number of benzene rings is 1. The van der Waals surface area contributed by atoms with Gasteiger partial charge in [-0.2, -0.15) is 13.2 Å². The number of carbonyl (C=O) groups is 1. The van der Waals surface area contributed by atoms with Gasteiger partial charge in [0.2, 0.25) is 0 Å². The van der Waals surface area contributed by atoms with Gasteiger partial charge in [0, 0.05) is 6.20 Å². The molecule has 0 aliphatic carbocycles. The van der Waals surface area contributed by atoms with E-state index in [9.17, 15) is 18.0 Å². The number of cyclic esters (lactones) is 1. The van der Waals surface area contributed by atoms with E-state index in [1.165, 1.54) is 6.20 Å². The summed E-state index contributed by atoms with van der Waals surface area (Å²) in [5, 5.41) is 0. The Morgan fingerprint density at radius 3 is 2.84 bits per heavy atom. The van der Waals surface area contributed by atoms with Gasteiger partial charge in [-0.3, -0.25) is 0 Å². The summed E-state index contributed by atoms with van der Waals surface area (Å²) in [7, 11) is 0. The molecule has 1 aromatic carbocycles. The maximum absolute atomic E-state index is 13.2. The van der Waals surface area contributed by atoms with Gasteiger partial charge in [-0.15, -0.1) is 0 Å². The lowest BCUT2D eigenvalue weighted by atomic mass is 10.1. The average molecular weight is 353 g/mol. The fraction of sp³-hybridized carbons (Fsp3) is 0.375. The largest absolute Gasteiger partial charge is 0.491 e. The molecule has 2 aromatic rings. The first-order valence-corrected chi connectivity index (χ1v) is 7.68. The second-order valence-electron chi connectivity index (χ2n) is 5.97. The Hall–Kier alpha value is -2.71. The first-order chi connectivity index (χ1) is 11.8. The first-order valence-electron chi connectivity index (χ1n) is 7.68. The molecule has 1 unspecified atom stereocenters. The van der Waals surface area contributed by atoms with E-state index in [4.69, 9.17) is 4.74 Å². The molecule has 1 amide bonds. The summed E-state index contributed by atoms with van der Waals surface area (Å²) in [6.07, 6.45) is -4.21. The number of rotatable bonds is 1. The number of ether oxygens (including phenoxy) is 2. The zero-order valence-corrected chi connectivity index (χ0v) is 13.2. The van der Waals surface area contributed by atoms with E-state index in [-0.39, 0.29) is 5.82 Å². The van der Waals surface area contributed by atoms with Crippen molar-refractivity contribution in [3.63, 3.8) is 0 Å². The Labute approximate surface area is 140 Å². The highest BCUT2D eigenvalue weighted by Crippen LogP contribution is 2.37. The van der Waals surface area contributed by atoms with Crippen LogP contribution in [0.1, 0.15) is 5.56 Å². The fourth-order valence-electron chi connectivity index (χ4n) is 3.01. The van der Waals surface area contributed by atoms with Gasteiger partial charge in [0.1, 0.15) is 24.8 Å². The lowest BCUT2D eigenvalue weighted by molar-refractivity contribution is -0.147. The predicted octanol–water partition coefficient (Wildman–Crippen LogP) is 3.14. The quantitative estimate of drug-likeness (QED) is 0.790. The predicted molar refractivity (Wildman–Crippen MR) is 81.6 cm³/mol. The van der Waals surface area contributed by atoms with Crippen LogP contribution in [0.2, 0.25) is 0 Å². The van der Waals surface area contributed by atoms with E-state index in [0.717, 1.165) is 5.56 Å². The van der Waals surface area contributed by atoms with Gasteiger partial charge in [0.15, 0.2) is 11.9 Å². The average Bonchev–Trinajstić information content (AvgIpc) is 3.07. The van der Waals surface area contributed by atoms with Crippen LogP contribution >= 0.6 is 0 Å². The number of anilines is 1. The molecule has 1 saturated heterocycles. The van der Waals surface area contributed by atoms with E-state index in [2.05, 4.69) is 9.72 Å². The molecule has 6 nitrogen and oxygen atoms in total. The number of amides is 1. The molecule has 0 saturated carbocycles. The molecule has 0 radical (unpaired) electrons. The Bertz CT molecular complexity index is 847. The van der Waals surface area contributed by atoms with Crippen molar-refractivity contribution < 1.29 is 27.4 Å². The number of hydrogen-bond acceptors (Lipinski definition) is 4.